The van der Waals surface area contributed by atoms with Crippen LogP contribution in [-0.4, -0.2) is 14.5 Å². The van der Waals surface area contributed by atoms with Crippen LogP contribution < -0.4 is 0 Å². The van der Waals surface area contributed by atoms with Crippen molar-refractivity contribution in [1.82, 2.24) is 14.5 Å². The van der Waals surface area contributed by atoms with E-state index in [9.17, 15) is 0 Å². The van der Waals surface area contributed by atoms with E-state index in [-0.39, 0.29) is 0 Å². The van der Waals surface area contributed by atoms with E-state index in [1.54, 1.807) is 0 Å². The highest BCUT2D eigenvalue weighted by Crippen LogP contribution is 2.47. The van der Waals surface area contributed by atoms with Gasteiger partial charge in [0.15, 0.2) is 0 Å². The Kier molecular flexibility index (Phi) is 5.68. The number of thiophene rings is 1. The zero-order chi connectivity index (χ0) is 29.0. The minimum absolute atomic E-state index is 0.665. The van der Waals surface area contributed by atoms with Crippen molar-refractivity contribution in [1.29, 1.82) is 0 Å². The van der Waals surface area contributed by atoms with Gasteiger partial charge in [-0.15, -0.1) is 11.3 Å². The Hall–Kier alpha value is -5.58. The molecule has 0 bridgehead atoms. The van der Waals surface area contributed by atoms with Gasteiger partial charge in [-0.1, -0.05) is 127 Å². The first-order valence-corrected chi connectivity index (χ1v) is 15.6. The summed E-state index contributed by atoms with van der Waals surface area (Å²) in [7, 11) is 0. The Morgan fingerprint density at radius 1 is 0.455 bits per heavy atom. The molecule has 0 fully saturated rings. The van der Waals surface area contributed by atoms with Crippen molar-refractivity contribution in [2.75, 3.05) is 0 Å². The Morgan fingerprint density at radius 3 is 1.66 bits per heavy atom. The molecule has 0 spiro atoms. The third-order valence-electron chi connectivity index (χ3n) is 8.42. The van der Waals surface area contributed by atoms with Crippen LogP contribution in [0.1, 0.15) is 0 Å². The summed E-state index contributed by atoms with van der Waals surface area (Å²) in [6.07, 6.45) is 0. The molecule has 3 nitrogen and oxygen atoms in total. The molecule has 0 aliphatic rings. The van der Waals surface area contributed by atoms with Crippen molar-refractivity contribution in [2.45, 2.75) is 0 Å². The molecule has 9 aromatic rings. The fraction of sp³-hybridized carbons (Fsp3) is 0. The van der Waals surface area contributed by atoms with Crippen LogP contribution in [0.3, 0.4) is 0 Å². The average Bonchev–Trinajstić information content (AvgIpc) is 3.65. The van der Waals surface area contributed by atoms with Crippen LogP contribution >= 0.6 is 11.3 Å². The van der Waals surface area contributed by atoms with Gasteiger partial charge in [-0.2, -0.15) is 0 Å². The minimum Gasteiger partial charge on any atom is -0.277 e. The van der Waals surface area contributed by atoms with E-state index >= 15 is 0 Å². The van der Waals surface area contributed by atoms with Crippen molar-refractivity contribution in [2.24, 2.45) is 0 Å². The second kappa shape index (κ2) is 10.0. The minimum atomic E-state index is 0.665. The smallest absolute Gasteiger partial charge is 0.235 e. The van der Waals surface area contributed by atoms with Crippen molar-refractivity contribution >= 4 is 53.3 Å². The average molecular weight is 580 g/mol. The first-order chi connectivity index (χ1) is 21.8. The first kappa shape index (κ1) is 25.0. The molecule has 0 amide bonds. The molecule has 3 aromatic heterocycles. The largest absolute Gasteiger partial charge is 0.277 e. The van der Waals surface area contributed by atoms with Gasteiger partial charge in [-0.3, -0.25) is 4.57 Å². The summed E-state index contributed by atoms with van der Waals surface area (Å²) in [5, 5.41) is 4.90. The van der Waals surface area contributed by atoms with Crippen LogP contribution in [0.15, 0.2) is 152 Å². The number of nitrogens with zero attached hydrogens (tertiary/aromatic N) is 3. The van der Waals surface area contributed by atoms with Crippen LogP contribution in [0.5, 0.6) is 0 Å². The molecule has 0 aliphatic carbocycles. The van der Waals surface area contributed by atoms with E-state index in [1.807, 2.05) is 23.5 Å². The van der Waals surface area contributed by atoms with Crippen molar-refractivity contribution in [3.8, 4) is 39.6 Å². The zero-order valence-corrected chi connectivity index (χ0v) is 24.5. The summed E-state index contributed by atoms with van der Waals surface area (Å²) in [6.45, 7) is 0. The molecular weight excluding hydrogens is 555 g/mol. The van der Waals surface area contributed by atoms with Gasteiger partial charge in [0.2, 0.25) is 5.95 Å². The van der Waals surface area contributed by atoms with E-state index in [4.69, 9.17) is 9.97 Å². The van der Waals surface area contributed by atoms with E-state index < -0.39 is 0 Å². The molecule has 0 unspecified atom stereocenters. The van der Waals surface area contributed by atoms with Gasteiger partial charge in [0.05, 0.1) is 22.4 Å². The van der Waals surface area contributed by atoms with Gasteiger partial charge in [-0.05, 0) is 35.4 Å². The third kappa shape index (κ3) is 3.89. The van der Waals surface area contributed by atoms with Crippen molar-refractivity contribution in [3.63, 3.8) is 0 Å². The van der Waals surface area contributed by atoms with Crippen molar-refractivity contribution < 1.29 is 0 Å². The fourth-order valence-corrected chi connectivity index (χ4v) is 7.61. The topological polar surface area (TPSA) is 30.7 Å². The maximum Gasteiger partial charge on any atom is 0.235 e. The monoisotopic (exact) mass is 579 g/mol. The highest BCUT2D eigenvalue weighted by atomic mass is 32.1. The van der Waals surface area contributed by atoms with Gasteiger partial charge < -0.3 is 0 Å². The predicted octanol–water partition coefficient (Wildman–Crippen LogP) is 10.9. The van der Waals surface area contributed by atoms with Crippen LogP contribution in [0.25, 0.3) is 81.6 Å². The van der Waals surface area contributed by atoms with Crippen molar-refractivity contribution in [3.05, 3.63) is 152 Å². The lowest BCUT2D eigenvalue weighted by Gasteiger charge is -2.13. The Bertz CT molecular complexity index is 2420. The number of benzene rings is 6. The molecule has 0 atom stereocenters. The summed E-state index contributed by atoms with van der Waals surface area (Å²) in [4.78, 5) is 10.6. The lowest BCUT2D eigenvalue weighted by Crippen LogP contribution is -2.04. The lowest BCUT2D eigenvalue weighted by molar-refractivity contribution is 0.998. The number of fused-ring (bicyclic) bond motifs is 7. The Morgan fingerprint density at radius 2 is 1.00 bits per heavy atom. The maximum atomic E-state index is 5.30. The molecule has 0 saturated heterocycles. The normalized spacial score (nSPS) is 11.6. The highest BCUT2D eigenvalue weighted by Gasteiger charge is 2.23. The standard InChI is InChI=1S/C40H25N3S/c1-4-14-26(15-5-1)31-24-36-38(30-21-11-13-23-35(30)44-36)39-37(31)29-20-10-12-22-34(29)43(39)40-41-32(27-16-6-2-7-17-27)25-33(42-40)28-18-8-3-9-19-28/h1-25H. The van der Waals surface area contributed by atoms with Crippen LogP contribution in [0.4, 0.5) is 0 Å². The molecule has 0 N–H and O–H groups in total. The van der Waals surface area contributed by atoms with Gasteiger partial charge in [0.1, 0.15) is 0 Å². The summed E-state index contributed by atoms with van der Waals surface area (Å²) >= 11 is 1.85. The summed E-state index contributed by atoms with van der Waals surface area (Å²) in [5.41, 5.74) is 8.56. The molecule has 6 aromatic carbocycles. The lowest BCUT2D eigenvalue weighted by atomic mass is 9.97. The summed E-state index contributed by atoms with van der Waals surface area (Å²) in [5.74, 6) is 0.665. The Labute approximate surface area is 258 Å². The van der Waals surface area contributed by atoms with Gasteiger partial charge in [-0.25, -0.2) is 9.97 Å². The molecule has 206 valence electrons. The SMILES string of the molecule is c1ccc(-c2cc(-c3ccccc3)nc(-n3c4ccccc4c4c(-c5ccccc5)cc5sc6ccccc6c5c43)n2)cc1. The first-order valence-electron chi connectivity index (χ1n) is 14.8. The highest BCUT2D eigenvalue weighted by molar-refractivity contribution is 7.26. The molecule has 0 aliphatic heterocycles. The van der Waals surface area contributed by atoms with Crippen LogP contribution in [0.2, 0.25) is 0 Å². The number of hydrogen-bond donors (Lipinski definition) is 0. The van der Waals surface area contributed by atoms with Crippen LogP contribution in [0, 0.1) is 0 Å². The molecule has 3 heterocycles. The Balaban J connectivity index is 1.49. The maximum absolute atomic E-state index is 5.30. The van der Waals surface area contributed by atoms with E-state index in [2.05, 4.69) is 144 Å². The quantitative estimate of drug-likeness (QED) is 0.208. The molecule has 9 rings (SSSR count). The van der Waals surface area contributed by atoms with E-state index in [0.29, 0.717) is 5.95 Å². The zero-order valence-electron chi connectivity index (χ0n) is 23.7. The van der Waals surface area contributed by atoms with Gasteiger partial charge in [0, 0.05) is 42.1 Å². The predicted molar refractivity (Wildman–Crippen MR) is 186 cm³/mol. The fourth-order valence-electron chi connectivity index (χ4n) is 6.46. The number of rotatable bonds is 4. The van der Waals surface area contributed by atoms with Gasteiger partial charge >= 0.3 is 0 Å². The second-order valence-corrected chi connectivity index (χ2v) is 12.1. The van der Waals surface area contributed by atoms with Crippen LogP contribution in [-0.2, 0) is 0 Å². The molecule has 0 saturated carbocycles. The molecular formula is C40H25N3S. The number of para-hydroxylation sites is 1. The second-order valence-electron chi connectivity index (χ2n) is 11.0. The van der Waals surface area contributed by atoms with E-state index in [0.717, 1.165) is 33.5 Å². The van der Waals surface area contributed by atoms with Gasteiger partial charge in [0.25, 0.3) is 0 Å². The molecule has 44 heavy (non-hydrogen) atoms. The summed E-state index contributed by atoms with van der Waals surface area (Å²) in [6, 6.07) is 53.4. The third-order valence-corrected chi connectivity index (χ3v) is 9.54. The summed E-state index contributed by atoms with van der Waals surface area (Å²) < 4.78 is 4.83. The molecule has 0 radical (unpaired) electrons. The molecule has 4 heteroatoms. The number of hydrogen-bond acceptors (Lipinski definition) is 3. The van der Waals surface area contributed by atoms with E-state index in [1.165, 1.54) is 42.1 Å². The number of aromatic nitrogens is 3.